The van der Waals surface area contributed by atoms with Gasteiger partial charge in [0.2, 0.25) is 0 Å². The summed E-state index contributed by atoms with van der Waals surface area (Å²) < 4.78 is 5.93. The van der Waals surface area contributed by atoms with Gasteiger partial charge in [-0.05, 0) is 24.1 Å². The van der Waals surface area contributed by atoms with E-state index in [4.69, 9.17) is 4.74 Å². The van der Waals surface area contributed by atoms with E-state index in [0.29, 0.717) is 11.3 Å². The molecule has 1 heterocycles. The Bertz CT molecular complexity index is 629. The van der Waals surface area contributed by atoms with Crippen LogP contribution in [-0.2, 0) is 0 Å². The van der Waals surface area contributed by atoms with E-state index >= 15 is 0 Å². The second kappa shape index (κ2) is 6.57. The molecule has 0 bridgehead atoms. The third-order valence-corrected chi connectivity index (χ3v) is 3.58. The number of para-hydroxylation sites is 2. The minimum Gasteiger partial charge on any atom is -0.456 e. The Labute approximate surface area is 126 Å². The molecule has 21 heavy (non-hydrogen) atoms. The summed E-state index contributed by atoms with van der Waals surface area (Å²) in [6, 6.07) is 15.3. The molecule has 0 aromatic heterocycles. The minimum atomic E-state index is -0.139. The van der Waals surface area contributed by atoms with Crippen LogP contribution in [0.15, 0.2) is 48.5 Å². The summed E-state index contributed by atoms with van der Waals surface area (Å²) >= 11 is 0. The van der Waals surface area contributed by atoms with Gasteiger partial charge in [-0.2, -0.15) is 0 Å². The molecule has 0 amide bonds. The third-order valence-electron chi connectivity index (χ3n) is 3.58. The van der Waals surface area contributed by atoms with Gasteiger partial charge in [-0.15, -0.1) is 0 Å². The van der Waals surface area contributed by atoms with E-state index in [1.165, 1.54) is 0 Å². The highest BCUT2D eigenvalue weighted by Gasteiger charge is 2.32. The van der Waals surface area contributed by atoms with Crippen molar-refractivity contribution in [3.8, 4) is 11.5 Å². The average molecular weight is 282 g/mol. The molecule has 2 nitrogen and oxygen atoms in total. The Morgan fingerprint density at radius 1 is 0.905 bits per heavy atom. The van der Waals surface area contributed by atoms with Gasteiger partial charge in [-0.25, -0.2) is 0 Å². The first-order chi connectivity index (χ1) is 10.2. The first-order valence-corrected chi connectivity index (χ1v) is 7.58. The molecule has 1 aliphatic rings. The van der Waals surface area contributed by atoms with E-state index in [9.17, 15) is 4.79 Å². The standard InChI is InChI=1S/C17H16O2.C2H6/c1-11(2)16-12-7-3-5-9-14(12)19-15-10-6-4-8-13(15)17(16)18;1-2/h3-11,16H,1-2H3;1-2H3. The SMILES string of the molecule is CC.CC(C)C1C(=O)c2ccccc2Oc2ccccc21. The van der Waals surface area contributed by atoms with Crippen LogP contribution in [0.1, 0.15) is 49.5 Å². The van der Waals surface area contributed by atoms with Gasteiger partial charge >= 0.3 is 0 Å². The van der Waals surface area contributed by atoms with Crippen LogP contribution >= 0.6 is 0 Å². The summed E-state index contributed by atoms with van der Waals surface area (Å²) in [5, 5.41) is 0. The van der Waals surface area contributed by atoms with Gasteiger partial charge in [0, 0.05) is 5.56 Å². The molecular weight excluding hydrogens is 260 g/mol. The van der Waals surface area contributed by atoms with Gasteiger partial charge in [0.25, 0.3) is 0 Å². The van der Waals surface area contributed by atoms with Crippen LogP contribution in [0.4, 0.5) is 0 Å². The summed E-state index contributed by atoms with van der Waals surface area (Å²) in [4.78, 5) is 12.8. The third kappa shape index (κ3) is 2.85. The van der Waals surface area contributed by atoms with Crippen molar-refractivity contribution in [3.05, 3.63) is 59.7 Å². The molecule has 2 heteroatoms. The molecule has 0 spiro atoms. The summed E-state index contributed by atoms with van der Waals surface area (Å²) in [5.74, 6) is 1.70. The van der Waals surface area contributed by atoms with Crippen molar-refractivity contribution < 1.29 is 9.53 Å². The van der Waals surface area contributed by atoms with Crippen molar-refractivity contribution in [3.63, 3.8) is 0 Å². The van der Waals surface area contributed by atoms with E-state index < -0.39 is 0 Å². The number of ether oxygens (including phenoxy) is 1. The Hall–Kier alpha value is -2.09. The molecule has 0 aliphatic carbocycles. The van der Waals surface area contributed by atoms with Crippen molar-refractivity contribution in [2.24, 2.45) is 5.92 Å². The van der Waals surface area contributed by atoms with E-state index in [2.05, 4.69) is 13.8 Å². The van der Waals surface area contributed by atoms with Gasteiger partial charge in [0.1, 0.15) is 11.5 Å². The van der Waals surface area contributed by atoms with Crippen molar-refractivity contribution in [2.75, 3.05) is 0 Å². The summed E-state index contributed by atoms with van der Waals surface area (Å²) in [7, 11) is 0. The molecule has 3 rings (SSSR count). The number of hydrogen-bond donors (Lipinski definition) is 0. The molecule has 1 unspecified atom stereocenters. The van der Waals surface area contributed by atoms with Gasteiger partial charge in [0.05, 0.1) is 11.5 Å². The fraction of sp³-hybridized carbons (Fsp3) is 0.316. The Morgan fingerprint density at radius 2 is 1.48 bits per heavy atom. The largest absolute Gasteiger partial charge is 0.456 e. The van der Waals surface area contributed by atoms with Crippen molar-refractivity contribution in [1.29, 1.82) is 0 Å². The molecule has 1 atom stereocenters. The molecule has 0 radical (unpaired) electrons. The van der Waals surface area contributed by atoms with Crippen molar-refractivity contribution in [1.82, 2.24) is 0 Å². The zero-order valence-corrected chi connectivity index (χ0v) is 13.1. The van der Waals surface area contributed by atoms with Crippen molar-refractivity contribution >= 4 is 5.78 Å². The summed E-state index contributed by atoms with van der Waals surface area (Å²) in [6.07, 6.45) is 0. The van der Waals surface area contributed by atoms with E-state index in [0.717, 1.165) is 11.3 Å². The zero-order chi connectivity index (χ0) is 15.4. The van der Waals surface area contributed by atoms with Crippen LogP contribution < -0.4 is 4.74 Å². The van der Waals surface area contributed by atoms with E-state index in [1.807, 2.05) is 62.4 Å². The van der Waals surface area contributed by atoms with Crippen molar-refractivity contribution in [2.45, 2.75) is 33.6 Å². The number of fused-ring (bicyclic) bond motifs is 2. The van der Waals surface area contributed by atoms with E-state index in [-0.39, 0.29) is 17.6 Å². The lowest BCUT2D eigenvalue weighted by Crippen LogP contribution is -2.17. The average Bonchev–Trinajstić information content (AvgIpc) is 2.63. The number of carbonyl (C=O) groups is 1. The van der Waals surface area contributed by atoms with Gasteiger partial charge in [-0.1, -0.05) is 58.0 Å². The predicted molar refractivity (Wildman–Crippen MR) is 86.2 cm³/mol. The van der Waals surface area contributed by atoms with Crippen LogP contribution in [0.2, 0.25) is 0 Å². The molecule has 110 valence electrons. The second-order valence-electron chi connectivity index (χ2n) is 5.22. The topological polar surface area (TPSA) is 26.3 Å². The highest BCUT2D eigenvalue weighted by molar-refractivity contribution is 6.04. The highest BCUT2D eigenvalue weighted by atomic mass is 16.5. The number of hydrogen-bond acceptors (Lipinski definition) is 2. The van der Waals surface area contributed by atoms with Crippen LogP contribution in [0.25, 0.3) is 0 Å². The lowest BCUT2D eigenvalue weighted by molar-refractivity contribution is 0.0939. The molecule has 1 aliphatic heterocycles. The van der Waals surface area contributed by atoms with Gasteiger partial charge < -0.3 is 4.74 Å². The minimum absolute atomic E-state index is 0.139. The maximum absolute atomic E-state index is 12.8. The molecule has 0 N–H and O–H groups in total. The van der Waals surface area contributed by atoms with Gasteiger partial charge in [0.15, 0.2) is 5.78 Å². The molecule has 2 aromatic carbocycles. The lowest BCUT2D eigenvalue weighted by Gasteiger charge is -2.19. The summed E-state index contributed by atoms with van der Waals surface area (Å²) in [6.45, 7) is 8.15. The molecular formula is C19H22O2. The summed E-state index contributed by atoms with van der Waals surface area (Å²) in [5.41, 5.74) is 1.66. The predicted octanol–water partition coefficient (Wildman–Crippen LogP) is 5.44. The number of carbonyl (C=O) groups excluding carboxylic acids is 1. The lowest BCUT2D eigenvalue weighted by atomic mass is 9.82. The number of ketones is 1. The fourth-order valence-electron chi connectivity index (χ4n) is 2.68. The van der Waals surface area contributed by atoms with Crippen LogP contribution in [0.3, 0.4) is 0 Å². The monoisotopic (exact) mass is 282 g/mol. The number of benzene rings is 2. The fourth-order valence-corrected chi connectivity index (χ4v) is 2.68. The Balaban J connectivity index is 0.000000774. The maximum atomic E-state index is 12.8. The van der Waals surface area contributed by atoms with E-state index in [1.54, 1.807) is 0 Å². The zero-order valence-electron chi connectivity index (χ0n) is 13.1. The van der Waals surface area contributed by atoms with Crippen LogP contribution in [0.5, 0.6) is 11.5 Å². The first kappa shape index (κ1) is 15.3. The number of Topliss-reactive ketones (excluding diaryl/α,β-unsaturated/α-hetero) is 1. The van der Waals surface area contributed by atoms with Crippen LogP contribution in [-0.4, -0.2) is 5.78 Å². The molecule has 0 fully saturated rings. The maximum Gasteiger partial charge on any atom is 0.174 e. The van der Waals surface area contributed by atoms with Crippen LogP contribution in [0, 0.1) is 5.92 Å². The Kier molecular flexibility index (Phi) is 4.79. The highest BCUT2D eigenvalue weighted by Crippen LogP contribution is 2.41. The number of rotatable bonds is 1. The molecule has 0 saturated heterocycles. The van der Waals surface area contributed by atoms with Gasteiger partial charge in [-0.3, -0.25) is 4.79 Å². The quantitative estimate of drug-likeness (QED) is 0.696. The molecule has 2 aromatic rings. The normalized spacial score (nSPS) is 16.0. The second-order valence-corrected chi connectivity index (χ2v) is 5.22. The molecule has 0 saturated carbocycles. The Morgan fingerprint density at radius 3 is 2.14 bits per heavy atom. The first-order valence-electron chi connectivity index (χ1n) is 7.58. The smallest absolute Gasteiger partial charge is 0.174 e.